The molecule has 0 amide bonds. The molecule has 0 heterocycles. The van der Waals surface area contributed by atoms with Crippen LogP contribution >= 0.6 is 0 Å². The minimum absolute atomic E-state index is 0.115. The van der Waals surface area contributed by atoms with Crippen molar-refractivity contribution in [2.75, 3.05) is 0 Å². The van der Waals surface area contributed by atoms with Crippen molar-refractivity contribution in [1.82, 2.24) is 0 Å². The van der Waals surface area contributed by atoms with Gasteiger partial charge in [0.15, 0.2) is 16.6 Å². The van der Waals surface area contributed by atoms with Gasteiger partial charge in [0.1, 0.15) is 6.29 Å². The Balaban J connectivity index is 4.83. The fourth-order valence-corrected chi connectivity index (χ4v) is 9.39. The minimum atomic E-state index is -1.52. The highest BCUT2D eigenvalue weighted by Crippen LogP contribution is 2.29. The highest BCUT2D eigenvalue weighted by Gasteiger charge is 2.36. The lowest BCUT2D eigenvalue weighted by atomic mass is 10.8. The van der Waals surface area contributed by atoms with E-state index in [9.17, 15) is 0 Å². The molecule has 0 spiro atoms. The Kier molecular flexibility index (Phi) is 9.78. The van der Waals surface area contributed by atoms with Crippen LogP contribution in [0, 0.1) is 0 Å². The molecular weight excluding hydrogens is 284 g/mol. The van der Waals surface area contributed by atoms with Crippen molar-refractivity contribution in [1.29, 1.82) is 0 Å². The van der Waals surface area contributed by atoms with Gasteiger partial charge in [0.25, 0.3) is 0 Å². The molecule has 0 aromatic rings. The number of hydrogen-bond donors (Lipinski definition) is 0. The first-order valence-corrected chi connectivity index (χ1v) is 14.8. The van der Waals surface area contributed by atoms with Gasteiger partial charge in [-0.3, -0.25) is 0 Å². The molecule has 0 saturated heterocycles. The van der Waals surface area contributed by atoms with Crippen LogP contribution in [0.5, 0.6) is 0 Å². The van der Waals surface area contributed by atoms with Gasteiger partial charge in [-0.05, 0) is 42.3 Å². The lowest BCUT2D eigenvalue weighted by Crippen LogP contribution is -2.46. The molecule has 0 aromatic carbocycles. The summed E-state index contributed by atoms with van der Waals surface area (Å²) in [6.45, 7) is 13.8. The normalized spacial score (nSPS) is 13.4. The van der Waals surface area contributed by atoms with Crippen LogP contribution in [-0.2, 0) is 8.85 Å². The van der Waals surface area contributed by atoms with Gasteiger partial charge in [-0.25, -0.2) is 0 Å². The maximum atomic E-state index is 6.58. The summed E-state index contributed by atoms with van der Waals surface area (Å²) in [6, 6.07) is 8.46. The quantitative estimate of drug-likeness (QED) is 0.421. The van der Waals surface area contributed by atoms with E-state index in [1.54, 1.807) is 0 Å². The first kappa shape index (κ1) is 19.6. The van der Waals surface area contributed by atoms with Crippen LogP contribution in [-0.4, -0.2) is 33.2 Å². The fraction of sp³-hybridized carbons (Fsp3) is 1.00. The van der Waals surface area contributed by atoms with Crippen molar-refractivity contribution in [2.45, 2.75) is 90.1 Å². The second-order valence-electron chi connectivity index (χ2n) is 5.56. The van der Waals surface area contributed by atoms with E-state index in [4.69, 9.17) is 8.85 Å². The second-order valence-corrected chi connectivity index (χ2v) is 15.8. The molecule has 0 saturated carbocycles. The summed E-state index contributed by atoms with van der Waals surface area (Å²) in [5.41, 5.74) is 0. The predicted octanol–water partition coefficient (Wildman–Crippen LogP) is 4.14. The Morgan fingerprint density at radius 1 is 0.684 bits per heavy atom. The topological polar surface area (TPSA) is 18.5 Å². The van der Waals surface area contributed by atoms with Crippen LogP contribution < -0.4 is 0 Å². The summed E-state index contributed by atoms with van der Waals surface area (Å²) >= 11 is 0. The highest BCUT2D eigenvalue weighted by atomic mass is 28.4. The van der Waals surface area contributed by atoms with Gasteiger partial charge in [0.05, 0.1) is 0 Å². The van der Waals surface area contributed by atoms with Crippen LogP contribution in [0.15, 0.2) is 0 Å². The molecule has 0 bridgehead atoms. The number of hydrogen-bond acceptors (Lipinski definition) is 2. The third kappa shape index (κ3) is 5.46. The molecule has 0 rings (SSSR count). The largest absolute Gasteiger partial charge is 0.393 e. The third-order valence-electron chi connectivity index (χ3n) is 4.96. The zero-order valence-electron chi connectivity index (χ0n) is 14.3. The predicted molar refractivity (Wildman–Crippen MR) is 95.1 cm³/mol. The van der Waals surface area contributed by atoms with E-state index in [2.05, 4.69) is 41.5 Å². The Morgan fingerprint density at radius 3 is 1.11 bits per heavy atom. The summed E-state index contributed by atoms with van der Waals surface area (Å²) in [7, 11) is -1.87. The van der Waals surface area contributed by atoms with E-state index >= 15 is 0 Å². The molecule has 19 heavy (non-hydrogen) atoms. The summed E-state index contributed by atoms with van der Waals surface area (Å²) < 4.78 is 13.2. The van der Waals surface area contributed by atoms with Gasteiger partial charge < -0.3 is 8.85 Å². The SMILES string of the molecule is CC[Si](CC)(CC)OC(C[SiH3])O[Si](CC)(CC)CC. The molecule has 5 heteroatoms. The maximum absolute atomic E-state index is 6.58. The second kappa shape index (κ2) is 9.50. The fourth-order valence-electron chi connectivity index (χ4n) is 2.75. The van der Waals surface area contributed by atoms with Gasteiger partial charge in [0.2, 0.25) is 0 Å². The molecule has 0 atom stereocenters. The Labute approximate surface area is 126 Å². The molecule has 0 N–H and O–H groups in total. The lowest BCUT2D eigenvalue weighted by Gasteiger charge is -2.38. The highest BCUT2D eigenvalue weighted by molar-refractivity contribution is 6.74. The molecule has 0 unspecified atom stereocenters. The molecule has 0 aromatic heterocycles. The van der Waals surface area contributed by atoms with Crippen molar-refractivity contribution < 1.29 is 8.85 Å². The van der Waals surface area contributed by atoms with Gasteiger partial charge in [-0.1, -0.05) is 41.5 Å². The smallest absolute Gasteiger partial charge is 0.195 e. The molecule has 0 fully saturated rings. The van der Waals surface area contributed by atoms with Gasteiger partial charge in [-0.2, -0.15) is 0 Å². The van der Waals surface area contributed by atoms with Crippen LogP contribution in [0.2, 0.25) is 42.3 Å². The summed E-state index contributed by atoms with van der Waals surface area (Å²) in [4.78, 5) is 0. The van der Waals surface area contributed by atoms with E-state index < -0.39 is 16.6 Å². The van der Waals surface area contributed by atoms with Crippen LogP contribution in [0.4, 0.5) is 0 Å². The van der Waals surface area contributed by atoms with Crippen LogP contribution in [0.1, 0.15) is 41.5 Å². The monoisotopic (exact) mass is 320 g/mol. The zero-order chi connectivity index (χ0) is 14.9. The van der Waals surface area contributed by atoms with Crippen molar-refractivity contribution in [3.05, 3.63) is 0 Å². The van der Waals surface area contributed by atoms with Crippen LogP contribution in [0.3, 0.4) is 0 Å². The van der Waals surface area contributed by atoms with E-state index in [0.29, 0.717) is 0 Å². The third-order valence-corrected chi connectivity index (χ3v) is 14.9. The molecule has 2 nitrogen and oxygen atoms in total. The Morgan fingerprint density at radius 2 is 0.947 bits per heavy atom. The standard InChI is InChI=1S/C14H36O2Si3/c1-7-18(8-2,9-3)15-14(13-17)16-19(10-4,11-5)12-6/h14H,7-13H2,1-6,17H3. The average molecular weight is 321 g/mol. The molecule has 116 valence electrons. The van der Waals surface area contributed by atoms with Gasteiger partial charge in [-0.15, -0.1) is 0 Å². The molecular formula is C14H36O2Si3. The molecule has 0 aliphatic heterocycles. The van der Waals surface area contributed by atoms with E-state index in [1.807, 2.05) is 0 Å². The summed E-state index contributed by atoms with van der Waals surface area (Å²) in [6.07, 6.45) is 0.115. The Bertz CT molecular complexity index is 190. The molecule has 0 radical (unpaired) electrons. The summed E-state index contributed by atoms with van der Waals surface area (Å²) in [5, 5.41) is 0. The number of rotatable bonds is 11. The van der Waals surface area contributed by atoms with Gasteiger partial charge in [0, 0.05) is 10.2 Å². The zero-order valence-corrected chi connectivity index (χ0v) is 18.3. The van der Waals surface area contributed by atoms with Gasteiger partial charge >= 0.3 is 0 Å². The van der Waals surface area contributed by atoms with E-state index in [-0.39, 0.29) is 6.29 Å². The molecule has 0 aliphatic rings. The summed E-state index contributed by atoms with van der Waals surface area (Å²) in [5.74, 6) is 0. The first-order chi connectivity index (χ1) is 9.00. The van der Waals surface area contributed by atoms with Crippen LogP contribution in [0.25, 0.3) is 0 Å². The first-order valence-electron chi connectivity index (χ1n) is 8.36. The average Bonchev–Trinajstić information content (AvgIpc) is 2.49. The van der Waals surface area contributed by atoms with Crippen molar-refractivity contribution in [3.8, 4) is 0 Å². The van der Waals surface area contributed by atoms with Crippen molar-refractivity contribution in [3.63, 3.8) is 0 Å². The maximum Gasteiger partial charge on any atom is 0.195 e. The van der Waals surface area contributed by atoms with E-state index in [0.717, 1.165) is 6.04 Å². The van der Waals surface area contributed by atoms with Crippen molar-refractivity contribution in [2.24, 2.45) is 0 Å². The minimum Gasteiger partial charge on any atom is -0.393 e. The Hall–Kier alpha value is 0.571. The van der Waals surface area contributed by atoms with Crippen molar-refractivity contribution >= 4 is 26.9 Å². The van der Waals surface area contributed by atoms with E-state index in [1.165, 1.54) is 46.5 Å². The lowest BCUT2D eigenvalue weighted by molar-refractivity contribution is 0.00344. The molecule has 0 aliphatic carbocycles.